The number of carbonyl (C=O) groups is 1. The number of carbonyl (C=O) groups excluding carboxylic acids is 1. The molecule has 0 spiro atoms. The van der Waals surface area contributed by atoms with E-state index in [0.29, 0.717) is 48.4 Å². The lowest BCUT2D eigenvalue weighted by Crippen LogP contribution is -2.22. The van der Waals surface area contributed by atoms with Crippen molar-refractivity contribution in [2.24, 2.45) is 11.8 Å². The van der Waals surface area contributed by atoms with E-state index in [1.54, 1.807) is 0 Å². The summed E-state index contributed by atoms with van der Waals surface area (Å²) in [4.78, 5) is 12.1. The van der Waals surface area contributed by atoms with Crippen LogP contribution in [0.2, 0.25) is 0 Å². The average Bonchev–Trinajstić information content (AvgIpc) is 3.37. The van der Waals surface area contributed by atoms with E-state index in [4.69, 9.17) is 14.2 Å². The molecule has 116 valence electrons. The van der Waals surface area contributed by atoms with E-state index in [-0.39, 0.29) is 5.97 Å². The number of esters is 1. The standard InChI is InChI=1S/C17H24O4/c1-10(6-11-2-4-13-15(7-11)20-13)17(18)19-9-12-3-5-14-16(8-12)21-14/h11-16H,1-9H2. The van der Waals surface area contributed by atoms with Gasteiger partial charge in [-0.15, -0.1) is 0 Å². The maximum atomic E-state index is 12.1. The first-order chi connectivity index (χ1) is 10.2. The topological polar surface area (TPSA) is 51.4 Å². The molecule has 0 bridgehead atoms. The lowest BCUT2D eigenvalue weighted by molar-refractivity contribution is -0.140. The van der Waals surface area contributed by atoms with Gasteiger partial charge in [-0.3, -0.25) is 0 Å². The number of hydrogen-bond acceptors (Lipinski definition) is 4. The van der Waals surface area contributed by atoms with Gasteiger partial charge < -0.3 is 14.2 Å². The second-order valence-electron chi connectivity index (χ2n) is 7.19. The summed E-state index contributed by atoms with van der Waals surface area (Å²) >= 11 is 0. The Balaban J connectivity index is 1.18. The van der Waals surface area contributed by atoms with Crippen molar-refractivity contribution in [2.75, 3.05) is 6.61 Å². The molecule has 0 N–H and O–H groups in total. The number of fused-ring (bicyclic) bond motifs is 2. The van der Waals surface area contributed by atoms with Crippen LogP contribution in [0.25, 0.3) is 0 Å². The van der Waals surface area contributed by atoms with E-state index in [1.165, 1.54) is 0 Å². The van der Waals surface area contributed by atoms with Gasteiger partial charge in [0, 0.05) is 5.57 Å². The Labute approximate surface area is 125 Å². The summed E-state index contributed by atoms with van der Waals surface area (Å²) < 4.78 is 16.5. The molecule has 2 heterocycles. The molecular weight excluding hydrogens is 268 g/mol. The fraction of sp³-hybridized carbons (Fsp3) is 0.824. The second-order valence-corrected chi connectivity index (χ2v) is 7.19. The summed E-state index contributed by atoms with van der Waals surface area (Å²) in [6, 6.07) is 0. The first-order valence-corrected chi connectivity index (χ1v) is 8.35. The van der Waals surface area contributed by atoms with Crippen molar-refractivity contribution in [3.63, 3.8) is 0 Å². The minimum Gasteiger partial charge on any atom is -0.462 e. The van der Waals surface area contributed by atoms with Gasteiger partial charge in [0.25, 0.3) is 0 Å². The molecule has 0 aromatic carbocycles. The maximum Gasteiger partial charge on any atom is 0.333 e. The second kappa shape index (κ2) is 5.40. The molecule has 6 unspecified atom stereocenters. The quantitative estimate of drug-likeness (QED) is 0.444. The van der Waals surface area contributed by atoms with Crippen LogP contribution in [0.1, 0.15) is 44.9 Å². The molecule has 4 heteroatoms. The van der Waals surface area contributed by atoms with Crippen LogP contribution >= 0.6 is 0 Å². The Kier molecular flexibility index (Phi) is 3.54. The SMILES string of the molecule is C=C(CC1CCC2OC2C1)C(=O)OCC1CCC2OC2C1. The monoisotopic (exact) mass is 292 g/mol. The van der Waals surface area contributed by atoms with Crippen LogP contribution in [0, 0.1) is 11.8 Å². The van der Waals surface area contributed by atoms with E-state index in [0.717, 1.165) is 44.9 Å². The van der Waals surface area contributed by atoms with E-state index in [1.807, 2.05) is 0 Å². The first kappa shape index (κ1) is 13.8. The van der Waals surface area contributed by atoms with Crippen molar-refractivity contribution in [3.8, 4) is 0 Å². The maximum absolute atomic E-state index is 12.1. The van der Waals surface area contributed by atoms with Gasteiger partial charge in [0.1, 0.15) is 0 Å². The molecule has 2 saturated carbocycles. The highest BCUT2D eigenvalue weighted by molar-refractivity contribution is 5.87. The van der Waals surface area contributed by atoms with Crippen LogP contribution in [0.3, 0.4) is 0 Å². The predicted octanol–water partition coefficient (Wildman–Crippen LogP) is 2.61. The Morgan fingerprint density at radius 2 is 1.57 bits per heavy atom. The van der Waals surface area contributed by atoms with E-state index in [9.17, 15) is 4.79 Å². The van der Waals surface area contributed by atoms with Crippen LogP contribution in [0.4, 0.5) is 0 Å². The highest BCUT2D eigenvalue weighted by Gasteiger charge is 2.45. The summed E-state index contributed by atoms with van der Waals surface area (Å²) in [5.41, 5.74) is 0.635. The van der Waals surface area contributed by atoms with Gasteiger partial charge in [0.05, 0.1) is 31.0 Å². The largest absolute Gasteiger partial charge is 0.462 e. The van der Waals surface area contributed by atoms with E-state index < -0.39 is 0 Å². The summed E-state index contributed by atoms with van der Waals surface area (Å²) in [7, 11) is 0. The van der Waals surface area contributed by atoms with Crippen molar-refractivity contribution < 1.29 is 19.0 Å². The number of hydrogen-bond donors (Lipinski definition) is 0. The highest BCUT2D eigenvalue weighted by Crippen LogP contribution is 2.42. The van der Waals surface area contributed by atoms with Crippen LogP contribution in [-0.2, 0) is 19.0 Å². The Morgan fingerprint density at radius 3 is 2.24 bits per heavy atom. The smallest absolute Gasteiger partial charge is 0.333 e. The van der Waals surface area contributed by atoms with Gasteiger partial charge in [-0.05, 0) is 56.8 Å². The Morgan fingerprint density at radius 1 is 0.952 bits per heavy atom. The lowest BCUT2D eigenvalue weighted by atomic mass is 9.85. The van der Waals surface area contributed by atoms with Crippen molar-refractivity contribution >= 4 is 5.97 Å². The molecule has 4 rings (SSSR count). The molecule has 2 saturated heterocycles. The minimum atomic E-state index is -0.201. The molecule has 0 aromatic rings. The third-order valence-electron chi connectivity index (χ3n) is 5.50. The van der Waals surface area contributed by atoms with Crippen molar-refractivity contribution in [3.05, 3.63) is 12.2 Å². The molecule has 4 aliphatic rings. The zero-order valence-electron chi connectivity index (χ0n) is 12.5. The summed E-state index contributed by atoms with van der Waals surface area (Å²) in [5.74, 6) is 0.817. The Hall–Kier alpha value is -0.870. The molecule has 2 aliphatic heterocycles. The summed E-state index contributed by atoms with van der Waals surface area (Å²) in [5, 5.41) is 0. The van der Waals surface area contributed by atoms with Gasteiger partial charge in [0.2, 0.25) is 0 Å². The van der Waals surface area contributed by atoms with Crippen molar-refractivity contribution in [1.82, 2.24) is 0 Å². The van der Waals surface area contributed by atoms with E-state index in [2.05, 4.69) is 6.58 Å². The molecule has 6 atom stereocenters. The zero-order valence-corrected chi connectivity index (χ0v) is 12.5. The van der Waals surface area contributed by atoms with Gasteiger partial charge in [-0.2, -0.15) is 0 Å². The van der Waals surface area contributed by atoms with Gasteiger partial charge in [-0.25, -0.2) is 4.79 Å². The van der Waals surface area contributed by atoms with Crippen LogP contribution < -0.4 is 0 Å². The van der Waals surface area contributed by atoms with Gasteiger partial charge in [0.15, 0.2) is 0 Å². The highest BCUT2D eigenvalue weighted by atomic mass is 16.6. The lowest BCUT2D eigenvalue weighted by Gasteiger charge is -2.21. The number of rotatable bonds is 5. The molecular formula is C17H24O4. The molecule has 0 aromatic heterocycles. The minimum absolute atomic E-state index is 0.201. The number of epoxide rings is 2. The molecule has 21 heavy (non-hydrogen) atoms. The third kappa shape index (κ3) is 3.16. The van der Waals surface area contributed by atoms with Crippen molar-refractivity contribution in [2.45, 2.75) is 69.4 Å². The normalized spacial score (nSPS) is 43.4. The van der Waals surface area contributed by atoms with Crippen LogP contribution in [0.5, 0.6) is 0 Å². The predicted molar refractivity (Wildman–Crippen MR) is 76.7 cm³/mol. The summed E-state index contributed by atoms with van der Waals surface area (Å²) in [6.45, 7) is 4.46. The third-order valence-corrected chi connectivity index (χ3v) is 5.50. The average molecular weight is 292 g/mol. The molecule has 4 fully saturated rings. The zero-order chi connectivity index (χ0) is 14.4. The molecule has 0 radical (unpaired) electrons. The van der Waals surface area contributed by atoms with Crippen molar-refractivity contribution in [1.29, 1.82) is 0 Å². The van der Waals surface area contributed by atoms with Crippen LogP contribution in [-0.4, -0.2) is 37.0 Å². The Bertz CT molecular complexity index is 446. The molecule has 0 amide bonds. The first-order valence-electron chi connectivity index (χ1n) is 8.35. The molecule has 4 nitrogen and oxygen atoms in total. The van der Waals surface area contributed by atoms with Crippen LogP contribution in [0.15, 0.2) is 12.2 Å². The summed E-state index contributed by atoms with van der Waals surface area (Å²) in [6.07, 6.45) is 9.35. The molecule has 2 aliphatic carbocycles. The number of ether oxygens (including phenoxy) is 3. The van der Waals surface area contributed by atoms with Gasteiger partial charge >= 0.3 is 5.97 Å². The van der Waals surface area contributed by atoms with Gasteiger partial charge in [-0.1, -0.05) is 6.58 Å². The van der Waals surface area contributed by atoms with E-state index >= 15 is 0 Å². The fourth-order valence-electron chi connectivity index (χ4n) is 4.04. The fourth-order valence-corrected chi connectivity index (χ4v) is 4.04.